The molecule has 1 nitrogen and oxygen atoms in total. The van der Waals surface area contributed by atoms with Crippen molar-refractivity contribution >= 4 is 95.6 Å². The molecule has 0 aromatic carbocycles. The minimum atomic E-state index is -1.12. The van der Waals surface area contributed by atoms with Gasteiger partial charge in [0.2, 0.25) is 0 Å². The lowest BCUT2D eigenvalue weighted by Gasteiger charge is -2.46. The van der Waals surface area contributed by atoms with E-state index in [0.717, 1.165) is 25.7 Å². The molecule has 0 radical (unpaired) electrons. The molecule has 1 N–H and O–H groups in total. The van der Waals surface area contributed by atoms with Crippen LogP contribution in [0.3, 0.4) is 0 Å². The summed E-state index contributed by atoms with van der Waals surface area (Å²) in [6.07, 6.45) is 9.12. The first-order valence-corrected chi connectivity index (χ1v) is 11.3. The standard InChI is InChI=1S/C12H18Br6O/c13-9-7-5-3-1-2-4-6-8-10(14,15)12(17,18)11(9,16)19/h9,19H,1-8H2. The summed E-state index contributed by atoms with van der Waals surface area (Å²) in [4.78, 5) is -0.0485. The van der Waals surface area contributed by atoms with E-state index in [9.17, 15) is 5.11 Å². The molecule has 114 valence electrons. The molecule has 1 saturated carbocycles. The maximum atomic E-state index is 10.9. The van der Waals surface area contributed by atoms with Crippen molar-refractivity contribution in [3.05, 3.63) is 0 Å². The molecule has 1 aliphatic carbocycles. The Kier molecular flexibility index (Phi) is 8.47. The summed E-state index contributed by atoms with van der Waals surface area (Å²) in [5, 5.41) is 10.9. The van der Waals surface area contributed by atoms with Crippen LogP contribution in [0.4, 0.5) is 0 Å². The van der Waals surface area contributed by atoms with Crippen molar-refractivity contribution in [3.63, 3.8) is 0 Å². The smallest absolute Gasteiger partial charge is 0.159 e. The number of hydrogen-bond donors (Lipinski definition) is 1. The van der Waals surface area contributed by atoms with E-state index in [-0.39, 0.29) is 4.83 Å². The second-order valence-electron chi connectivity index (χ2n) is 5.08. The van der Waals surface area contributed by atoms with Gasteiger partial charge in [-0.25, -0.2) is 0 Å². The van der Waals surface area contributed by atoms with Gasteiger partial charge in [-0.15, -0.1) is 0 Å². The van der Waals surface area contributed by atoms with Crippen LogP contribution in [0.2, 0.25) is 0 Å². The van der Waals surface area contributed by atoms with E-state index in [0.29, 0.717) is 0 Å². The van der Waals surface area contributed by atoms with Gasteiger partial charge in [0, 0.05) is 0 Å². The average Bonchev–Trinajstić information content (AvgIpc) is 2.30. The Morgan fingerprint density at radius 1 is 0.789 bits per heavy atom. The molecule has 0 bridgehead atoms. The molecule has 1 rings (SSSR count). The van der Waals surface area contributed by atoms with Gasteiger partial charge in [-0.05, 0) is 12.8 Å². The zero-order chi connectivity index (χ0) is 14.7. The molecular weight excluding hydrogens is 640 g/mol. The normalized spacial score (nSPS) is 37.1. The average molecular weight is 658 g/mol. The SMILES string of the molecule is OC1(Br)C(Br)CCCCCCCCC(Br)(Br)C1(Br)Br. The van der Waals surface area contributed by atoms with Gasteiger partial charge in [-0.2, -0.15) is 0 Å². The summed E-state index contributed by atoms with van der Waals surface area (Å²) in [5.41, 5.74) is 0. The van der Waals surface area contributed by atoms with Gasteiger partial charge in [0.15, 0.2) is 4.51 Å². The van der Waals surface area contributed by atoms with E-state index in [1.54, 1.807) is 0 Å². The Labute approximate surface area is 166 Å². The van der Waals surface area contributed by atoms with Crippen LogP contribution in [0.15, 0.2) is 0 Å². The first kappa shape index (κ1) is 19.9. The zero-order valence-corrected chi connectivity index (χ0v) is 20.0. The minimum Gasteiger partial charge on any atom is -0.375 e. The molecule has 0 aromatic rings. The second kappa shape index (κ2) is 8.09. The molecule has 0 saturated heterocycles. The second-order valence-corrected chi connectivity index (χ2v) is 14.6. The molecular formula is C12H18Br6O. The summed E-state index contributed by atoms with van der Waals surface area (Å²) in [6.45, 7) is 0. The topological polar surface area (TPSA) is 20.2 Å². The summed E-state index contributed by atoms with van der Waals surface area (Å²) in [7, 11) is 0. The number of alkyl halides is 6. The Morgan fingerprint density at radius 2 is 1.26 bits per heavy atom. The van der Waals surface area contributed by atoms with Crippen LogP contribution in [-0.4, -0.2) is 20.9 Å². The number of aliphatic hydroxyl groups is 1. The van der Waals surface area contributed by atoms with Crippen molar-refractivity contribution in [2.75, 3.05) is 0 Å². The molecule has 2 atom stereocenters. The summed E-state index contributed by atoms with van der Waals surface area (Å²) in [6, 6.07) is 0. The minimum absolute atomic E-state index is 0.0485. The van der Waals surface area contributed by atoms with Crippen LogP contribution in [0.1, 0.15) is 51.4 Å². The van der Waals surface area contributed by atoms with Gasteiger partial charge >= 0.3 is 0 Å². The first-order chi connectivity index (χ1) is 8.63. The maximum Gasteiger partial charge on any atom is 0.159 e. The van der Waals surface area contributed by atoms with Crippen molar-refractivity contribution in [2.24, 2.45) is 0 Å². The van der Waals surface area contributed by atoms with E-state index in [2.05, 4.69) is 95.6 Å². The molecule has 1 aliphatic rings. The predicted molar refractivity (Wildman–Crippen MR) is 105 cm³/mol. The monoisotopic (exact) mass is 652 g/mol. The quantitative estimate of drug-likeness (QED) is 0.280. The molecule has 19 heavy (non-hydrogen) atoms. The lowest BCUT2D eigenvalue weighted by molar-refractivity contribution is 0.126. The lowest BCUT2D eigenvalue weighted by Crippen LogP contribution is -2.55. The summed E-state index contributed by atoms with van der Waals surface area (Å²) in [5.74, 6) is 0. The van der Waals surface area contributed by atoms with Crippen molar-refractivity contribution < 1.29 is 5.11 Å². The van der Waals surface area contributed by atoms with Crippen LogP contribution in [0, 0.1) is 0 Å². The van der Waals surface area contributed by atoms with Gasteiger partial charge < -0.3 is 5.11 Å². The highest BCUT2D eigenvalue weighted by Gasteiger charge is 2.59. The Bertz CT molecular complexity index is 292. The van der Waals surface area contributed by atoms with Gasteiger partial charge in [-0.3, -0.25) is 0 Å². The van der Waals surface area contributed by atoms with Crippen LogP contribution in [-0.2, 0) is 0 Å². The van der Waals surface area contributed by atoms with Gasteiger partial charge in [0.05, 0.1) is 4.83 Å². The van der Waals surface area contributed by atoms with Crippen LogP contribution in [0.25, 0.3) is 0 Å². The van der Waals surface area contributed by atoms with E-state index < -0.39 is 11.0 Å². The van der Waals surface area contributed by atoms with Crippen molar-refractivity contribution in [1.82, 2.24) is 0 Å². The van der Waals surface area contributed by atoms with Crippen LogP contribution in [0.5, 0.6) is 0 Å². The molecule has 1 fully saturated rings. The van der Waals surface area contributed by atoms with Gasteiger partial charge in [-0.1, -0.05) is 134 Å². The lowest BCUT2D eigenvalue weighted by atomic mass is 9.99. The molecule has 0 heterocycles. The molecule has 2 unspecified atom stereocenters. The van der Waals surface area contributed by atoms with Crippen molar-refractivity contribution in [2.45, 2.75) is 67.2 Å². The van der Waals surface area contributed by atoms with E-state index >= 15 is 0 Å². The van der Waals surface area contributed by atoms with Crippen molar-refractivity contribution in [3.8, 4) is 0 Å². The van der Waals surface area contributed by atoms with Crippen molar-refractivity contribution in [1.29, 1.82) is 0 Å². The largest absolute Gasteiger partial charge is 0.375 e. The third-order valence-electron chi connectivity index (χ3n) is 3.51. The highest BCUT2D eigenvalue weighted by atomic mass is 79.9. The third kappa shape index (κ3) is 4.90. The number of rotatable bonds is 0. The predicted octanol–water partition coefficient (Wildman–Crippen LogP) is 6.94. The van der Waals surface area contributed by atoms with Gasteiger partial charge in [0.1, 0.15) is 6.47 Å². The third-order valence-corrected chi connectivity index (χ3v) is 14.1. The Hall–Kier alpha value is 2.84. The fourth-order valence-corrected chi connectivity index (χ4v) is 6.67. The summed E-state index contributed by atoms with van der Waals surface area (Å²) < 4.78 is -2.28. The van der Waals surface area contributed by atoms with Crippen LogP contribution >= 0.6 is 95.6 Å². The number of halogens is 6. The fraction of sp³-hybridized carbons (Fsp3) is 1.00. The van der Waals surface area contributed by atoms with E-state index in [1.165, 1.54) is 25.7 Å². The Balaban J connectivity index is 2.96. The van der Waals surface area contributed by atoms with Gasteiger partial charge in [0.25, 0.3) is 0 Å². The zero-order valence-electron chi connectivity index (χ0n) is 10.4. The van der Waals surface area contributed by atoms with E-state index in [4.69, 9.17) is 0 Å². The highest BCUT2D eigenvalue weighted by molar-refractivity contribution is 9.31. The highest BCUT2D eigenvalue weighted by Crippen LogP contribution is 2.60. The molecule has 7 heteroatoms. The molecule has 0 amide bonds. The molecule has 0 spiro atoms. The fourth-order valence-electron chi connectivity index (χ4n) is 2.18. The number of hydrogen-bond acceptors (Lipinski definition) is 1. The molecule has 0 aliphatic heterocycles. The van der Waals surface area contributed by atoms with E-state index in [1.807, 2.05) is 0 Å². The summed E-state index contributed by atoms with van der Waals surface area (Å²) >= 11 is 21.9. The molecule has 0 aromatic heterocycles. The maximum absolute atomic E-state index is 10.9. The first-order valence-electron chi connectivity index (χ1n) is 6.44. The van der Waals surface area contributed by atoms with Crippen LogP contribution < -0.4 is 0 Å². The Morgan fingerprint density at radius 3 is 1.84 bits per heavy atom.